The van der Waals surface area contributed by atoms with Gasteiger partial charge in [0, 0.05) is 38.2 Å². The van der Waals surface area contributed by atoms with E-state index in [4.69, 9.17) is 0 Å². The molecule has 2 aliphatic rings. The summed E-state index contributed by atoms with van der Waals surface area (Å²) in [5, 5.41) is 22.4. The third-order valence-electron chi connectivity index (χ3n) is 4.91. The molecule has 1 aromatic carbocycles. The molecule has 2 saturated heterocycles. The number of non-ortho nitro benzene ring substituents is 1. The second-order valence-electron chi connectivity index (χ2n) is 6.47. The number of hydrogen-bond acceptors (Lipinski definition) is 6. The first-order chi connectivity index (χ1) is 12.0. The Morgan fingerprint density at radius 2 is 1.88 bits per heavy atom. The molecule has 9 heteroatoms. The smallest absolute Gasteiger partial charge is 0.299 e. The van der Waals surface area contributed by atoms with Gasteiger partial charge in [0.15, 0.2) is 0 Å². The van der Waals surface area contributed by atoms with Crippen molar-refractivity contribution in [3.05, 3.63) is 38.4 Å². The minimum absolute atomic E-state index is 0.00374. The van der Waals surface area contributed by atoms with E-state index in [1.54, 1.807) is 0 Å². The summed E-state index contributed by atoms with van der Waals surface area (Å²) in [5.41, 5.74) is -0.153. The van der Waals surface area contributed by atoms with Gasteiger partial charge in [0.1, 0.15) is 5.69 Å². The number of carbonyl (C=O) groups is 1. The third kappa shape index (κ3) is 3.54. The SMILES string of the molecule is O=C1CCCN1C[C@@H]1CCCCN1c1ccc([N+](=O)[O-])cc1[N+](=O)[O-]. The van der Waals surface area contributed by atoms with Crippen LogP contribution in [0.15, 0.2) is 18.2 Å². The van der Waals surface area contributed by atoms with Crippen LogP contribution in [0.4, 0.5) is 17.1 Å². The van der Waals surface area contributed by atoms with Gasteiger partial charge in [-0.05, 0) is 31.7 Å². The van der Waals surface area contributed by atoms with Crippen LogP contribution in [0.25, 0.3) is 0 Å². The van der Waals surface area contributed by atoms with Crippen molar-refractivity contribution in [3.8, 4) is 0 Å². The standard InChI is InChI=1S/C16H20N4O5/c21-16-5-3-8-17(16)11-13-4-1-2-9-18(13)14-7-6-12(19(22)23)10-15(14)20(24)25/h6-7,10,13H,1-5,8-9,11H2/t13-/m0/s1. The van der Waals surface area contributed by atoms with E-state index in [-0.39, 0.29) is 23.3 Å². The van der Waals surface area contributed by atoms with Crippen molar-refractivity contribution in [3.63, 3.8) is 0 Å². The molecule has 0 aromatic heterocycles. The van der Waals surface area contributed by atoms with Crippen LogP contribution in [0.2, 0.25) is 0 Å². The van der Waals surface area contributed by atoms with Crippen LogP contribution in [0, 0.1) is 20.2 Å². The fourth-order valence-electron chi connectivity index (χ4n) is 3.67. The Kier molecular flexibility index (Phi) is 4.82. The van der Waals surface area contributed by atoms with E-state index in [1.807, 2.05) is 9.80 Å². The normalized spacial score (nSPS) is 20.8. The van der Waals surface area contributed by atoms with Crippen LogP contribution in [0.5, 0.6) is 0 Å². The van der Waals surface area contributed by atoms with E-state index in [1.165, 1.54) is 12.1 Å². The average Bonchev–Trinajstić information content (AvgIpc) is 2.99. The molecule has 0 unspecified atom stereocenters. The molecule has 2 fully saturated rings. The van der Waals surface area contributed by atoms with Gasteiger partial charge in [-0.2, -0.15) is 0 Å². The van der Waals surface area contributed by atoms with Gasteiger partial charge in [0.25, 0.3) is 11.4 Å². The third-order valence-corrected chi connectivity index (χ3v) is 4.91. The second kappa shape index (κ2) is 7.04. The molecular weight excluding hydrogens is 328 g/mol. The first kappa shape index (κ1) is 17.1. The highest BCUT2D eigenvalue weighted by molar-refractivity contribution is 5.78. The fraction of sp³-hybridized carbons (Fsp3) is 0.562. The highest BCUT2D eigenvalue weighted by Gasteiger charge is 2.32. The number of carbonyl (C=O) groups excluding carboxylic acids is 1. The topological polar surface area (TPSA) is 110 Å². The van der Waals surface area contributed by atoms with Gasteiger partial charge in [-0.3, -0.25) is 25.0 Å². The first-order valence-corrected chi connectivity index (χ1v) is 8.44. The van der Waals surface area contributed by atoms with Crippen molar-refractivity contribution >= 4 is 23.0 Å². The zero-order valence-electron chi connectivity index (χ0n) is 13.8. The van der Waals surface area contributed by atoms with Crippen molar-refractivity contribution in [1.29, 1.82) is 0 Å². The number of hydrogen-bond donors (Lipinski definition) is 0. The number of amides is 1. The molecule has 3 rings (SSSR count). The largest absolute Gasteiger partial charge is 0.361 e. The molecule has 1 atom stereocenters. The summed E-state index contributed by atoms with van der Waals surface area (Å²) < 4.78 is 0. The van der Waals surface area contributed by atoms with Crippen molar-refractivity contribution in [2.75, 3.05) is 24.5 Å². The van der Waals surface area contributed by atoms with E-state index in [2.05, 4.69) is 0 Å². The highest BCUT2D eigenvalue weighted by Crippen LogP contribution is 2.36. The predicted octanol–water partition coefficient (Wildman–Crippen LogP) is 2.48. The molecule has 0 radical (unpaired) electrons. The Morgan fingerprint density at radius 3 is 2.52 bits per heavy atom. The molecule has 0 bridgehead atoms. The van der Waals surface area contributed by atoms with Crippen molar-refractivity contribution in [2.24, 2.45) is 0 Å². The van der Waals surface area contributed by atoms with E-state index >= 15 is 0 Å². The number of likely N-dealkylation sites (tertiary alicyclic amines) is 1. The van der Waals surface area contributed by atoms with E-state index < -0.39 is 9.85 Å². The lowest BCUT2D eigenvalue weighted by atomic mass is 10.00. The number of anilines is 1. The Balaban J connectivity index is 1.90. The summed E-state index contributed by atoms with van der Waals surface area (Å²) in [7, 11) is 0. The summed E-state index contributed by atoms with van der Waals surface area (Å²) in [6.45, 7) is 1.92. The van der Waals surface area contributed by atoms with Gasteiger partial charge in [-0.1, -0.05) is 0 Å². The van der Waals surface area contributed by atoms with E-state index in [0.717, 1.165) is 38.3 Å². The van der Waals surface area contributed by atoms with Crippen LogP contribution in [0.3, 0.4) is 0 Å². The van der Waals surface area contributed by atoms with Crippen molar-refractivity contribution < 1.29 is 14.6 Å². The zero-order chi connectivity index (χ0) is 18.0. The molecule has 134 valence electrons. The van der Waals surface area contributed by atoms with Gasteiger partial charge in [0.2, 0.25) is 5.91 Å². The maximum absolute atomic E-state index is 11.9. The summed E-state index contributed by atoms with van der Waals surface area (Å²) in [6.07, 6.45) is 4.16. The van der Waals surface area contributed by atoms with Gasteiger partial charge >= 0.3 is 0 Å². The van der Waals surface area contributed by atoms with Crippen molar-refractivity contribution in [1.82, 2.24) is 4.90 Å². The minimum atomic E-state index is -0.632. The maximum atomic E-state index is 11.9. The van der Waals surface area contributed by atoms with Gasteiger partial charge < -0.3 is 9.80 Å². The number of nitrogens with zero attached hydrogens (tertiary/aromatic N) is 4. The summed E-state index contributed by atoms with van der Waals surface area (Å²) in [6, 6.07) is 3.77. The molecule has 0 saturated carbocycles. The Labute approximate surface area is 144 Å². The summed E-state index contributed by atoms with van der Waals surface area (Å²) in [5.74, 6) is 0.128. The highest BCUT2D eigenvalue weighted by atomic mass is 16.6. The van der Waals surface area contributed by atoms with Crippen LogP contribution in [-0.4, -0.2) is 46.3 Å². The van der Waals surface area contributed by atoms with Crippen molar-refractivity contribution in [2.45, 2.75) is 38.1 Å². The van der Waals surface area contributed by atoms with Crippen LogP contribution in [-0.2, 0) is 4.79 Å². The number of nitro groups is 2. The average molecular weight is 348 g/mol. The van der Waals surface area contributed by atoms with Gasteiger partial charge in [0.05, 0.1) is 15.9 Å². The molecule has 0 spiro atoms. The van der Waals surface area contributed by atoms with Crippen LogP contribution < -0.4 is 4.90 Å². The monoisotopic (exact) mass is 348 g/mol. The first-order valence-electron chi connectivity index (χ1n) is 8.44. The lowest BCUT2D eigenvalue weighted by Gasteiger charge is -2.39. The molecule has 0 aliphatic carbocycles. The quantitative estimate of drug-likeness (QED) is 0.597. The van der Waals surface area contributed by atoms with E-state index in [0.29, 0.717) is 25.2 Å². The molecule has 1 aromatic rings. The molecule has 0 N–H and O–H groups in total. The number of nitro benzene ring substituents is 2. The zero-order valence-corrected chi connectivity index (χ0v) is 13.8. The van der Waals surface area contributed by atoms with Gasteiger partial charge in [-0.15, -0.1) is 0 Å². The van der Waals surface area contributed by atoms with Gasteiger partial charge in [-0.25, -0.2) is 0 Å². The van der Waals surface area contributed by atoms with Crippen LogP contribution >= 0.6 is 0 Å². The lowest BCUT2D eigenvalue weighted by molar-refractivity contribution is -0.393. The second-order valence-corrected chi connectivity index (χ2v) is 6.47. The van der Waals surface area contributed by atoms with Crippen LogP contribution in [0.1, 0.15) is 32.1 Å². The lowest BCUT2D eigenvalue weighted by Crippen LogP contribution is -2.47. The predicted molar refractivity (Wildman–Crippen MR) is 90.5 cm³/mol. The summed E-state index contributed by atoms with van der Waals surface area (Å²) >= 11 is 0. The maximum Gasteiger partial charge on any atom is 0.299 e. The Hall–Kier alpha value is -2.71. The molecule has 9 nitrogen and oxygen atoms in total. The number of piperidine rings is 1. The van der Waals surface area contributed by atoms with E-state index in [9.17, 15) is 25.0 Å². The minimum Gasteiger partial charge on any atom is -0.361 e. The number of benzene rings is 1. The molecule has 25 heavy (non-hydrogen) atoms. The molecule has 1 amide bonds. The summed E-state index contributed by atoms with van der Waals surface area (Å²) in [4.78, 5) is 36.8. The molecule has 2 heterocycles. The fourth-order valence-corrected chi connectivity index (χ4v) is 3.67. The molecular formula is C16H20N4O5. The molecule has 2 aliphatic heterocycles. The number of rotatable bonds is 5. The Morgan fingerprint density at radius 1 is 1.08 bits per heavy atom. The Bertz CT molecular complexity index is 708.